The third-order valence-corrected chi connectivity index (χ3v) is 11.1. The number of fused-ring (bicyclic) bond motifs is 5. The summed E-state index contributed by atoms with van der Waals surface area (Å²) in [6.07, 6.45) is 11.2. The molecule has 0 saturated heterocycles. The van der Waals surface area contributed by atoms with Gasteiger partial charge in [0.2, 0.25) is 0 Å². The first-order chi connectivity index (χ1) is 15.3. The van der Waals surface area contributed by atoms with Gasteiger partial charge in [-0.3, -0.25) is 0 Å². The number of allylic oxidation sites excluding steroid dienone is 2. The minimum Gasteiger partial charge on any atom is -0.393 e. The van der Waals surface area contributed by atoms with Crippen LogP contribution in [-0.2, 0) is 4.74 Å². The van der Waals surface area contributed by atoms with Gasteiger partial charge >= 0.3 is 0 Å². The van der Waals surface area contributed by atoms with Crippen molar-refractivity contribution in [1.29, 1.82) is 0 Å². The van der Waals surface area contributed by atoms with Crippen LogP contribution in [0, 0.1) is 40.4 Å². The van der Waals surface area contributed by atoms with Crippen LogP contribution in [0.25, 0.3) is 0 Å². The van der Waals surface area contributed by atoms with Crippen LogP contribution in [0.5, 0.6) is 0 Å². The van der Waals surface area contributed by atoms with E-state index in [1.165, 1.54) is 6.42 Å². The molecular formula is C29H48O4. The van der Waals surface area contributed by atoms with E-state index >= 15 is 0 Å². The van der Waals surface area contributed by atoms with Gasteiger partial charge in [0.25, 0.3) is 0 Å². The Balaban J connectivity index is 1.69. The van der Waals surface area contributed by atoms with Crippen LogP contribution < -0.4 is 0 Å². The van der Waals surface area contributed by atoms with E-state index < -0.39 is 28.8 Å². The van der Waals surface area contributed by atoms with Crippen molar-refractivity contribution < 1.29 is 20.1 Å². The second-order valence-electron chi connectivity index (χ2n) is 12.9. The lowest BCUT2D eigenvalue weighted by molar-refractivity contribution is -0.262. The number of aliphatic hydroxyl groups excluding tert-OH is 1. The number of ether oxygens (including phenoxy) is 1. The normalized spacial score (nSPS) is 49.4. The summed E-state index contributed by atoms with van der Waals surface area (Å²) >= 11 is 0. The van der Waals surface area contributed by atoms with Crippen molar-refractivity contribution in [2.75, 3.05) is 7.11 Å². The molecule has 0 aliphatic heterocycles. The predicted octanol–water partition coefficient (Wildman–Crippen LogP) is 5.27. The summed E-state index contributed by atoms with van der Waals surface area (Å²) < 4.78 is 5.85. The average Bonchev–Trinajstić information content (AvgIpc) is 3.10. The molecule has 0 aromatic rings. The van der Waals surface area contributed by atoms with Gasteiger partial charge < -0.3 is 20.1 Å². The third-order valence-electron chi connectivity index (χ3n) is 11.1. The van der Waals surface area contributed by atoms with E-state index in [0.29, 0.717) is 48.9 Å². The molecule has 3 N–H and O–H groups in total. The first-order valence-corrected chi connectivity index (χ1v) is 13.4. The van der Waals surface area contributed by atoms with Crippen molar-refractivity contribution in [2.45, 2.75) is 110 Å². The monoisotopic (exact) mass is 460 g/mol. The Morgan fingerprint density at radius 3 is 2.33 bits per heavy atom. The summed E-state index contributed by atoms with van der Waals surface area (Å²) in [7, 11) is 1.65. The maximum atomic E-state index is 12.4. The smallest absolute Gasteiger partial charge is 0.105 e. The minimum absolute atomic E-state index is 0.140. The number of rotatable bonds is 5. The number of aliphatic hydroxyl groups is 3. The van der Waals surface area contributed by atoms with Gasteiger partial charge in [0.05, 0.1) is 11.7 Å². The molecule has 4 nitrogen and oxygen atoms in total. The fraction of sp³-hybridized carbons (Fsp3) is 0.862. The Labute approximate surface area is 201 Å². The fourth-order valence-electron chi connectivity index (χ4n) is 8.35. The van der Waals surface area contributed by atoms with Crippen LogP contribution in [0.15, 0.2) is 23.8 Å². The van der Waals surface area contributed by atoms with E-state index in [9.17, 15) is 15.3 Å². The van der Waals surface area contributed by atoms with Crippen LogP contribution in [0.3, 0.4) is 0 Å². The zero-order valence-corrected chi connectivity index (χ0v) is 22.0. The quantitative estimate of drug-likeness (QED) is 0.489. The Kier molecular flexibility index (Phi) is 6.52. The van der Waals surface area contributed by atoms with Crippen LogP contribution in [-0.4, -0.2) is 45.8 Å². The standard InChI is InChI=1S/C29H48O4/c1-18(2)19(3)8-9-20(4)22-10-11-23-24-16-25(33-7)29(32)17-21(30)12-13-27(29,6)28(24,31)15-14-26(22,23)5/h8-9,16,18-23,25,30-32H,10-15,17H2,1-7H3/t19-,20-,21+,22-,23+,25-,26-,27-,28-,29+/m1/s1. The molecule has 3 saturated carbocycles. The SMILES string of the molecule is CO[C@@H]1C=C2[C@@H]3CC[C@H]([C@H](C)C=C[C@@H](C)C(C)C)[C@@]3(C)CC[C@]2(O)[C@@]2(C)CC[C@H](O)C[C@]12O. The second-order valence-corrected chi connectivity index (χ2v) is 12.9. The summed E-state index contributed by atoms with van der Waals surface area (Å²) in [6.45, 7) is 13.7. The van der Waals surface area contributed by atoms with E-state index in [0.717, 1.165) is 18.4 Å². The van der Waals surface area contributed by atoms with E-state index in [1.807, 2.05) is 6.92 Å². The number of methoxy groups -OCH3 is 1. The Morgan fingerprint density at radius 1 is 1.00 bits per heavy atom. The Morgan fingerprint density at radius 2 is 1.70 bits per heavy atom. The van der Waals surface area contributed by atoms with Crippen LogP contribution in [0.2, 0.25) is 0 Å². The number of hydrogen-bond donors (Lipinski definition) is 3. The van der Waals surface area contributed by atoms with Crippen LogP contribution >= 0.6 is 0 Å². The van der Waals surface area contributed by atoms with Gasteiger partial charge in [0, 0.05) is 18.9 Å². The van der Waals surface area contributed by atoms with Gasteiger partial charge in [0.15, 0.2) is 0 Å². The largest absolute Gasteiger partial charge is 0.393 e. The number of hydrogen-bond acceptors (Lipinski definition) is 4. The summed E-state index contributed by atoms with van der Waals surface area (Å²) in [5, 5.41) is 34.7. The predicted molar refractivity (Wildman–Crippen MR) is 133 cm³/mol. The van der Waals surface area contributed by atoms with Crippen LogP contribution in [0.4, 0.5) is 0 Å². The highest BCUT2D eigenvalue weighted by atomic mass is 16.5. The van der Waals surface area contributed by atoms with E-state index in [4.69, 9.17) is 4.74 Å². The van der Waals surface area contributed by atoms with Gasteiger partial charge in [-0.25, -0.2) is 0 Å². The lowest BCUT2D eigenvalue weighted by Gasteiger charge is -2.66. The van der Waals surface area contributed by atoms with E-state index in [1.54, 1.807) is 7.11 Å². The molecule has 4 aliphatic carbocycles. The highest BCUT2D eigenvalue weighted by Crippen LogP contribution is 2.69. The highest BCUT2D eigenvalue weighted by molar-refractivity contribution is 5.40. The molecule has 0 heterocycles. The molecule has 0 amide bonds. The Hall–Kier alpha value is -0.680. The topological polar surface area (TPSA) is 69.9 Å². The Bertz CT molecular complexity index is 803. The van der Waals surface area contributed by atoms with E-state index in [-0.39, 0.29) is 11.8 Å². The lowest BCUT2D eigenvalue weighted by atomic mass is 9.43. The van der Waals surface area contributed by atoms with Crippen molar-refractivity contribution in [1.82, 2.24) is 0 Å². The molecule has 0 bridgehead atoms. The van der Waals surface area contributed by atoms with Gasteiger partial charge in [-0.2, -0.15) is 0 Å². The molecule has 4 heteroatoms. The maximum Gasteiger partial charge on any atom is 0.105 e. The zero-order valence-electron chi connectivity index (χ0n) is 22.0. The third kappa shape index (κ3) is 3.53. The highest BCUT2D eigenvalue weighted by Gasteiger charge is 2.71. The molecule has 3 fully saturated rings. The summed E-state index contributed by atoms with van der Waals surface area (Å²) in [5.74, 6) is 2.64. The van der Waals surface area contributed by atoms with Gasteiger partial charge in [-0.1, -0.05) is 59.8 Å². The van der Waals surface area contributed by atoms with E-state index in [2.05, 4.69) is 52.8 Å². The van der Waals surface area contributed by atoms with Crippen molar-refractivity contribution in [3.05, 3.63) is 23.8 Å². The minimum atomic E-state index is -1.26. The first kappa shape index (κ1) is 25.4. The average molecular weight is 461 g/mol. The molecule has 188 valence electrons. The van der Waals surface area contributed by atoms with Crippen molar-refractivity contribution in [2.24, 2.45) is 40.4 Å². The van der Waals surface area contributed by atoms with Gasteiger partial charge in [-0.05, 0) is 79.1 Å². The summed E-state index contributed by atoms with van der Waals surface area (Å²) in [5.41, 5.74) is -1.77. The maximum absolute atomic E-state index is 12.4. The molecule has 10 atom stereocenters. The van der Waals surface area contributed by atoms with Crippen molar-refractivity contribution >= 4 is 0 Å². The molecule has 33 heavy (non-hydrogen) atoms. The molecule has 0 spiro atoms. The molecule has 0 aromatic heterocycles. The van der Waals surface area contributed by atoms with Crippen LogP contribution in [0.1, 0.15) is 86.5 Å². The lowest BCUT2D eigenvalue weighted by Crippen LogP contribution is -2.72. The first-order valence-electron chi connectivity index (χ1n) is 13.4. The molecule has 0 aromatic carbocycles. The fourth-order valence-corrected chi connectivity index (χ4v) is 8.35. The molecular weight excluding hydrogens is 412 g/mol. The zero-order chi connectivity index (χ0) is 24.4. The molecule has 4 aliphatic rings. The van der Waals surface area contributed by atoms with Crippen molar-refractivity contribution in [3.8, 4) is 0 Å². The summed E-state index contributed by atoms with van der Waals surface area (Å²) in [6, 6.07) is 0. The second kappa shape index (κ2) is 8.47. The summed E-state index contributed by atoms with van der Waals surface area (Å²) in [4.78, 5) is 0. The molecule has 0 unspecified atom stereocenters. The van der Waals surface area contributed by atoms with Crippen molar-refractivity contribution in [3.63, 3.8) is 0 Å². The molecule has 4 rings (SSSR count). The molecule has 0 radical (unpaired) electrons. The van der Waals surface area contributed by atoms with Gasteiger partial charge in [0.1, 0.15) is 11.7 Å². The van der Waals surface area contributed by atoms with Gasteiger partial charge in [-0.15, -0.1) is 0 Å².